The summed E-state index contributed by atoms with van der Waals surface area (Å²) in [6, 6.07) is 5.75. The van der Waals surface area contributed by atoms with Crippen LogP contribution < -0.4 is 5.32 Å². The van der Waals surface area contributed by atoms with E-state index in [0.29, 0.717) is 41.9 Å². The molecule has 1 aliphatic carbocycles. The third-order valence-corrected chi connectivity index (χ3v) is 5.75. The molecule has 0 bridgehead atoms. The Balaban J connectivity index is 1.45. The summed E-state index contributed by atoms with van der Waals surface area (Å²) in [6.45, 7) is 1.01. The van der Waals surface area contributed by atoms with Crippen LogP contribution in [-0.4, -0.2) is 41.1 Å². The number of carbonyl (C=O) groups is 2. The number of aliphatic carboxylic acids is 1. The number of amides is 2. The third-order valence-electron chi connectivity index (χ3n) is 5.01. The molecule has 1 aromatic rings. The highest BCUT2D eigenvalue weighted by atomic mass is 35.5. The predicted octanol–water partition coefficient (Wildman–Crippen LogP) is 3.75. The molecule has 1 saturated heterocycles. The van der Waals surface area contributed by atoms with E-state index in [4.69, 9.17) is 28.3 Å². The minimum absolute atomic E-state index is 0.0866. The van der Waals surface area contributed by atoms with Gasteiger partial charge >= 0.3 is 12.0 Å². The highest BCUT2D eigenvalue weighted by molar-refractivity contribution is 6.42. The number of rotatable bonds is 3. The second-order valence-electron chi connectivity index (χ2n) is 6.59. The lowest BCUT2D eigenvalue weighted by molar-refractivity contribution is -0.143. The van der Waals surface area contributed by atoms with Gasteiger partial charge in [0.2, 0.25) is 0 Å². The van der Waals surface area contributed by atoms with Gasteiger partial charge in [0.25, 0.3) is 0 Å². The van der Waals surface area contributed by atoms with Crippen molar-refractivity contribution in [3.05, 3.63) is 33.8 Å². The molecule has 0 atom stereocenters. The van der Waals surface area contributed by atoms with Crippen molar-refractivity contribution < 1.29 is 14.7 Å². The normalized spacial score (nSPS) is 24.3. The Morgan fingerprint density at radius 1 is 1.12 bits per heavy atom. The molecule has 3 rings (SSSR count). The lowest BCUT2D eigenvalue weighted by Crippen LogP contribution is -2.51. The van der Waals surface area contributed by atoms with Crippen molar-refractivity contribution in [3.63, 3.8) is 0 Å². The van der Waals surface area contributed by atoms with E-state index in [0.717, 1.165) is 18.4 Å². The first-order valence-electron chi connectivity index (χ1n) is 8.17. The van der Waals surface area contributed by atoms with E-state index in [9.17, 15) is 9.59 Å². The Morgan fingerprint density at radius 2 is 1.79 bits per heavy atom. The van der Waals surface area contributed by atoms with Gasteiger partial charge in [0, 0.05) is 19.1 Å². The van der Waals surface area contributed by atoms with Gasteiger partial charge in [0.05, 0.1) is 16.0 Å². The van der Waals surface area contributed by atoms with Gasteiger partial charge in [-0.3, -0.25) is 4.79 Å². The fraction of sp³-hybridized carbons (Fsp3) is 0.529. The first-order chi connectivity index (χ1) is 11.4. The molecule has 1 aromatic carbocycles. The molecule has 1 heterocycles. The molecule has 2 N–H and O–H groups in total. The number of nitrogens with one attached hydrogen (secondary N) is 1. The summed E-state index contributed by atoms with van der Waals surface area (Å²) in [7, 11) is 0. The lowest BCUT2D eigenvalue weighted by atomic mass is 9.76. The quantitative estimate of drug-likeness (QED) is 0.850. The molecule has 24 heavy (non-hydrogen) atoms. The molecule has 7 heteroatoms. The van der Waals surface area contributed by atoms with E-state index in [1.807, 2.05) is 12.1 Å². The van der Waals surface area contributed by atoms with Crippen LogP contribution in [0.15, 0.2) is 18.2 Å². The Labute approximate surface area is 150 Å². The number of carbonyl (C=O) groups excluding carboxylic acids is 1. The molecular formula is C17H20Cl2N2O3. The smallest absolute Gasteiger partial charge is 0.317 e. The van der Waals surface area contributed by atoms with Gasteiger partial charge in [-0.2, -0.15) is 0 Å². The molecule has 0 radical (unpaired) electrons. The number of piperidine rings is 1. The van der Waals surface area contributed by atoms with Crippen LogP contribution in [0.25, 0.3) is 0 Å². The average molecular weight is 371 g/mol. The molecule has 0 aromatic heterocycles. The van der Waals surface area contributed by atoms with E-state index in [1.54, 1.807) is 11.0 Å². The van der Waals surface area contributed by atoms with Crippen LogP contribution in [0.1, 0.15) is 37.2 Å². The number of hydrogen-bond donors (Lipinski definition) is 2. The summed E-state index contributed by atoms with van der Waals surface area (Å²) in [5.41, 5.74) is 1.15. The van der Waals surface area contributed by atoms with Gasteiger partial charge in [-0.1, -0.05) is 29.3 Å². The number of nitrogens with zero attached hydrogens (tertiary/aromatic N) is 1. The maximum atomic E-state index is 12.2. The van der Waals surface area contributed by atoms with Crippen molar-refractivity contribution in [2.45, 2.75) is 37.6 Å². The first-order valence-corrected chi connectivity index (χ1v) is 8.93. The number of carboxylic acids is 1. The van der Waals surface area contributed by atoms with Gasteiger partial charge < -0.3 is 15.3 Å². The molecule has 2 aliphatic rings. The van der Waals surface area contributed by atoms with Gasteiger partial charge in [0.15, 0.2) is 0 Å². The third kappa shape index (κ3) is 3.78. The van der Waals surface area contributed by atoms with E-state index in [1.165, 1.54) is 0 Å². The maximum absolute atomic E-state index is 12.2. The standard InChI is InChI=1S/C17H20Cl2N2O3/c18-14-2-1-11(9-15(14)19)12-7-13(8-12)20-17(24)21-5-3-10(4-6-21)16(22)23/h1-2,9-10,12-13H,3-8H2,(H,20,24)(H,22,23). The van der Waals surface area contributed by atoms with Gasteiger partial charge in [-0.15, -0.1) is 0 Å². The number of hydrogen-bond acceptors (Lipinski definition) is 2. The number of urea groups is 1. The molecule has 0 unspecified atom stereocenters. The van der Waals surface area contributed by atoms with Crippen LogP contribution in [0.5, 0.6) is 0 Å². The fourth-order valence-corrected chi connectivity index (χ4v) is 3.68. The Hall–Kier alpha value is -1.46. The van der Waals surface area contributed by atoms with Crippen molar-refractivity contribution in [2.75, 3.05) is 13.1 Å². The predicted molar refractivity (Wildman–Crippen MR) is 92.7 cm³/mol. The summed E-state index contributed by atoms with van der Waals surface area (Å²) in [5.74, 6) is -0.696. The largest absolute Gasteiger partial charge is 0.481 e. The fourth-order valence-electron chi connectivity index (χ4n) is 3.37. The van der Waals surface area contributed by atoms with Crippen LogP contribution in [0, 0.1) is 5.92 Å². The summed E-state index contributed by atoms with van der Waals surface area (Å²) < 4.78 is 0. The summed E-state index contributed by atoms with van der Waals surface area (Å²) in [5, 5.41) is 13.1. The van der Waals surface area contributed by atoms with Crippen LogP contribution >= 0.6 is 23.2 Å². The van der Waals surface area contributed by atoms with E-state index >= 15 is 0 Å². The number of likely N-dealkylation sites (tertiary alicyclic amines) is 1. The van der Waals surface area contributed by atoms with Crippen molar-refractivity contribution in [1.82, 2.24) is 10.2 Å². The Kier molecular flexibility index (Phi) is 5.21. The van der Waals surface area contributed by atoms with E-state index in [-0.39, 0.29) is 18.0 Å². The monoisotopic (exact) mass is 370 g/mol. The van der Waals surface area contributed by atoms with Crippen LogP contribution in [-0.2, 0) is 4.79 Å². The molecule has 1 aliphatic heterocycles. The zero-order chi connectivity index (χ0) is 17.3. The topological polar surface area (TPSA) is 69.6 Å². The Bertz CT molecular complexity index is 639. The van der Waals surface area contributed by atoms with Crippen LogP contribution in [0.3, 0.4) is 0 Å². The van der Waals surface area contributed by atoms with E-state index < -0.39 is 5.97 Å². The maximum Gasteiger partial charge on any atom is 0.317 e. The van der Waals surface area contributed by atoms with Crippen LogP contribution in [0.4, 0.5) is 4.79 Å². The van der Waals surface area contributed by atoms with Crippen LogP contribution in [0.2, 0.25) is 10.0 Å². The lowest BCUT2D eigenvalue weighted by Gasteiger charge is -2.38. The zero-order valence-corrected chi connectivity index (χ0v) is 14.7. The number of carboxylic acid groups (broad SMARTS) is 1. The molecule has 2 amide bonds. The van der Waals surface area contributed by atoms with Crippen molar-refractivity contribution in [3.8, 4) is 0 Å². The highest BCUT2D eigenvalue weighted by Gasteiger charge is 2.34. The van der Waals surface area contributed by atoms with E-state index in [2.05, 4.69) is 5.32 Å². The molecule has 1 saturated carbocycles. The highest BCUT2D eigenvalue weighted by Crippen LogP contribution is 2.39. The molecule has 2 fully saturated rings. The molecular weight excluding hydrogens is 351 g/mol. The second-order valence-corrected chi connectivity index (χ2v) is 7.40. The van der Waals surface area contributed by atoms with Gasteiger partial charge in [0.1, 0.15) is 0 Å². The second kappa shape index (κ2) is 7.19. The van der Waals surface area contributed by atoms with Crippen molar-refractivity contribution in [1.29, 1.82) is 0 Å². The minimum Gasteiger partial charge on any atom is -0.481 e. The van der Waals surface area contributed by atoms with Crippen molar-refractivity contribution in [2.24, 2.45) is 5.92 Å². The summed E-state index contributed by atoms with van der Waals surface area (Å²) in [4.78, 5) is 24.9. The SMILES string of the molecule is O=C(O)C1CCN(C(=O)NC2CC(c3ccc(Cl)c(Cl)c3)C2)CC1. The van der Waals surface area contributed by atoms with Gasteiger partial charge in [-0.25, -0.2) is 4.79 Å². The molecule has 5 nitrogen and oxygen atoms in total. The molecule has 0 spiro atoms. The molecule has 130 valence electrons. The zero-order valence-electron chi connectivity index (χ0n) is 13.2. The summed E-state index contributed by atoms with van der Waals surface area (Å²) >= 11 is 12.0. The number of benzene rings is 1. The summed E-state index contributed by atoms with van der Waals surface area (Å²) in [6.07, 6.45) is 2.82. The van der Waals surface area contributed by atoms with Crippen molar-refractivity contribution >= 4 is 35.2 Å². The minimum atomic E-state index is -0.765. The average Bonchev–Trinajstić information content (AvgIpc) is 2.53. The van der Waals surface area contributed by atoms with Gasteiger partial charge in [-0.05, 0) is 49.3 Å². The number of halogens is 2. The first kappa shape index (κ1) is 17.4. The Morgan fingerprint density at radius 3 is 2.38 bits per heavy atom.